The van der Waals surface area contributed by atoms with E-state index in [9.17, 15) is 18.0 Å². The van der Waals surface area contributed by atoms with Gasteiger partial charge in [-0.05, 0) is 55.7 Å². The molecule has 0 unspecified atom stereocenters. The van der Waals surface area contributed by atoms with E-state index in [4.69, 9.17) is 4.99 Å². The number of methoxy groups -OCH3 is 1. The summed E-state index contributed by atoms with van der Waals surface area (Å²) in [6.45, 7) is 0.557. The van der Waals surface area contributed by atoms with Crippen LogP contribution in [0.4, 0.5) is 0 Å². The SMILES string of the molecule is COC(=O)CCCc1ccc(/C=C/S(=O)(=O)N2CCC3(CC2)N=C(C2CCCCC2)NC3=O)cc1. The van der Waals surface area contributed by atoms with Gasteiger partial charge in [0.15, 0.2) is 0 Å². The van der Waals surface area contributed by atoms with Crippen molar-refractivity contribution in [3.8, 4) is 0 Å². The lowest BCUT2D eigenvalue weighted by molar-refractivity contribution is -0.140. The topological polar surface area (TPSA) is 105 Å². The van der Waals surface area contributed by atoms with E-state index in [-0.39, 0.29) is 25.0 Å². The Balaban J connectivity index is 1.32. The van der Waals surface area contributed by atoms with Crippen molar-refractivity contribution in [2.75, 3.05) is 20.2 Å². The van der Waals surface area contributed by atoms with Gasteiger partial charge in [-0.2, -0.15) is 4.31 Å². The number of carbonyl (C=O) groups is 2. The van der Waals surface area contributed by atoms with E-state index < -0.39 is 15.6 Å². The predicted octanol–water partition coefficient (Wildman–Crippen LogP) is 3.43. The molecule has 0 aromatic heterocycles. The third kappa shape index (κ3) is 6.19. The van der Waals surface area contributed by atoms with E-state index in [0.29, 0.717) is 31.6 Å². The zero-order valence-electron chi connectivity index (χ0n) is 20.4. The highest BCUT2D eigenvalue weighted by Crippen LogP contribution is 2.35. The maximum atomic E-state index is 12.9. The van der Waals surface area contributed by atoms with Gasteiger partial charge in [0.2, 0.25) is 10.0 Å². The Morgan fingerprint density at radius 1 is 1.17 bits per heavy atom. The summed E-state index contributed by atoms with van der Waals surface area (Å²) in [6, 6.07) is 7.62. The van der Waals surface area contributed by atoms with Crippen LogP contribution in [0.15, 0.2) is 34.7 Å². The number of nitrogens with zero attached hydrogens (tertiary/aromatic N) is 2. The summed E-state index contributed by atoms with van der Waals surface area (Å²) >= 11 is 0. The molecule has 1 aromatic rings. The lowest BCUT2D eigenvalue weighted by atomic mass is 9.88. The molecule has 1 aromatic carbocycles. The first-order valence-corrected chi connectivity index (χ1v) is 14.1. The molecule has 0 bridgehead atoms. The van der Waals surface area contributed by atoms with Crippen LogP contribution in [0.25, 0.3) is 6.08 Å². The number of rotatable bonds is 8. The van der Waals surface area contributed by atoms with Gasteiger partial charge in [0.1, 0.15) is 11.4 Å². The molecular formula is C26H35N3O5S. The van der Waals surface area contributed by atoms with Gasteiger partial charge >= 0.3 is 5.97 Å². The molecule has 190 valence electrons. The van der Waals surface area contributed by atoms with Gasteiger partial charge in [-0.1, -0.05) is 43.5 Å². The molecule has 1 N–H and O–H groups in total. The Labute approximate surface area is 207 Å². The zero-order chi connectivity index (χ0) is 24.9. The minimum absolute atomic E-state index is 0.0719. The van der Waals surface area contributed by atoms with Crippen LogP contribution in [0.1, 0.15) is 68.9 Å². The lowest BCUT2D eigenvalue weighted by Crippen LogP contribution is -2.50. The number of hydrogen-bond donors (Lipinski definition) is 1. The standard InChI is InChI=1S/C26H35N3O5S/c1-34-23(30)9-5-6-20-10-12-21(13-11-20)14-19-35(32,33)29-17-15-26(16-18-29)25(31)27-24(28-26)22-7-3-2-4-8-22/h10-14,19,22H,2-9,15-18H2,1H3,(H,27,28,31)/b19-14+. The third-order valence-electron chi connectivity index (χ3n) is 7.39. The minimum atomic E-state index is -3.59. The normalized spacial score (nSPS) is 21.3. The van der Waals surface area contributed by atoms with Crippen molar-refractivity contribution >= 4 is 33.8 Å². The fourth-order valence-corrected chi connectivity index (χ4v) is 6.34. The molecule has 1 aliphatic carbocycles. The molecule has 1 amide bonds. The second kappa shape index (κ2) is 11.0. The highest BCUT2D eigenvalue weighted by Gasteiger charge is 2.48. The molecule has 0 radical (unpaired) electrons. The summed E-state index contributed by atoms with van der Waals surface area (Å²) < 4.78 is 31.9. The van der Waals surface area contributed by atoms with Crippen molar-refractivity contribution in [2.24, 2.45) is 10.9 Å². The number of aliphatic imine (C=N–C) groups is 1. The molecule has 3 aliphatic rings. The van der Waals surface area contributed by atoms with Gasteiger partial charge < -0.3 is 10.1 Å². The second-order valence-electron chi connectivity index (χ2n) is 9.74. The molecule has 2 aliphatic heterocycles. The zero-order valence-corrected chi connectivity index (χ0v) is 21.2. The summed E-state index contributed by atoms with van der Waals surface area (Å²) in [6.07, 6.45) is 9.95. The molecule has 2 fully saturated rings. The van der Waals surface area contributed by atoms with Gasteiger partial charge in [0.25, 0.3) is 5.91 Å². The van der Waals surface area contributed by atoms with Gasteiger partial charge in [0, 0.05) is 30.8 Å². The Hall–Kier alpha value is -2.52. The highest BCUT2D eigenvalue weighted by atomic mass is 32.2. The van der Waals surface area contributed by atoms with Crippen molar-refractivity contribution in [3.05, 3.63) is 40.8 Å². The first-order chi connectivity index (χ1) is 16.8. The molecule has 1 saturated heterocycles. The van der Waals surface area contributed by atoms with Crippen LogP contribution in [-0.4, -0.2) is 56.2 Å². The number of carbonyl (C=O) groups excluding carboxylic acids is 2. The fraction of sp³-hybridized carbons (Fsp3) is 0.577. The average molecular weight is 502 g/mol. The molecular weight excluding hydrogens is 466 g/mol. The molecule has 1 spiro atoms. The van der Waals surface area contributed by atoms with E-state index in [1.165, 1.54) is 36.1 Å². The van der Waals surface area contributed by atoms with Crippen molar-refractivity contribution in [2.45, 2.75) is 69.7 Å². The third-order valence-corrected chi connectivity index (χ3v) is 8.95. The predicted molar refractivity (Wildman–Crippen MR) is 135 cm³/mol. The number of piperidine rings is 1. The van der Waals surface area contributed by atoms with Crippen molar-refractivity contribution in [1.82, 2.24) is 9.62 Å². The smallest absolute Gasteiger partial charge is 0.305 e. The Morgan fingerprint density at radius 3 is 2.51 bits per heavy atom. The van der Waals surface area contributed by atoms with E-state index in [1.54, 1.807) is 6.08 Å². The summed E-state index contributed by atoms with van der Waals surface area (Å²) in [5, 5.41) is 4.25. The average Bonchev–Trinajstić information content (AvgIpc) is 3.19. The largest absolute Gasteiger partial charge is 0.469 e. The quantitative estimate of drug-likeness (QED) is 0.550. The van der Waals surface area contributed by atoms with Crippen molar-refractivity contribution < 1.29 is 22.7 Å². The van der Waals surface area contributed by atoms with Crippen LogP contribution in [0.2, 0.25) is 0 Å². The minimum Gasteiger partial charge on any atom is -0.469 e. The van der Waals surface area contributed by atoms with Crippen molar-refractivity contribution in [3.63, 3.8) is 0 Å². The molecule has 9 heteroatoms. The second-order valence-corrected chi connectivity index (χ2v) is 11.6. The first kappa shape index (κ1) is 25.6. The fourth-order valence-electron chi connectivity index (χ4n) is 5.15. The monoisotopic (exact) mass is 501 g/mol. The number of amides is 1. The van der Waals surface area contributed by atoms with Crippen LogP contribution in [-0.2, 0) is 30.8 Å². The van der Waals surface area contributed by atoms with Crippen LogP contribution < -0.4 is 5.32 Å². The van der Waals surface area contributed by atoms with Crippen molar-refractivity contribution in [1.29, 1.82) is 0 Å². The highest BCUT2D eigenvalue weighted by molar-refractivity contribution is 7.92. The van der Waals surface area contributed by atoms with Gasteiger partial charge in [-0.25, -0.2) is 8.42 Å². The van der Waals surface area contributed by atoms with Gasteiger partial charge in [-0.3, -0.25) is 14.6 Å². The van der Waals surface area contributed by atoms with E-state index in [2.05, 4.69) is 10.1 Å². The van der Waals surface area contributed by atoms with E-state index >= 15 is 0 Å². The molecule has 2 heterocycles. The number of esters is 1. The number of aryl methyl sites for hydroxylation is 1. The number of hydrogen-bond acceptors (Lipinski definition) is 6. The number of benzene rings is 1. The summed E-state index contributed by atoms with van der Waals surface area (Å²) in [5.74, 6) is 0.858. The van der Waals surface area contributed by atoms with Crippen LogP contribution in [0.3, 0.4) is 0 Å². The number of amidine groups is 1. The maximum absolute atomic E-state index is 12.9. The Kier molecular flexibility index (Phi) is 8.06. The number of sulfonamides is 1. The molecule has 4 rings (SSSR count). The summed E-state index contributed by atoms with van der Waals surface area (Å²) in [7, 11) is -2.21. The first-order valence-electron chi connectivity index (χ1n) is 12.6. The van der Waals surface area contributed by atoms with Crippen LogP contribution in [0, 0.1) is 5.92 Å². The number of ether oxygens (including phenoxy) is 1. The van der Waals surface area contributed by atoms with Gasteiger partial charge in [-0.15, -0.1) is 0 Å². The molecule has 35 heavy (non-hydrogen) atoms. The summed E-state index contributed by atoms with van der Waals surface area (Å²) in [4.78, 5) is 28.8. The Bertz CT molecular complexity index is 1080. The van der Waals surface area contributed by atoms with Gasteiger partial charge in [0.05, 0.1) is 7.11 Å². The maximum Gasteiger partial charge on any atom is 0.305 e. The van der Waals surface area contributed by atoms with Crippen LogP contribution >= 0.6 is 0 Å². The summed E-state index contributed by atoms with van der Waals surface area (Å²) in [5.41, 5.74) is 1.06. The molecule has 1 saturated carbocycles. The van der Waals surface area contributed by atoms with E-state index in [1.807, 2.05) is 24.3 Å². The number of nitrogens with one attached hydrogen (secondary N) is 1. The Morgan fingerprint density at radius 2 is 1.86 bits per heavy atom. The lowest BCUT2D eigenvalue weighted by Gasteiger charge is -2.34. The van der Waals surface area contributed by atoms with Crippen LogP contribution in [0.5, 0.6) is 0 Å². The molecule has 0 atom stereocenters. The molecule has 8 nitrogen and oxygen atoms in total. The van der Waals surface area contributed by atoms with E-state index in [0.717, 1.165) is 36.2 Å².